The fourth-order valence-electron chi connectivity index (χ4n) is 3.38. The average Bonchev–Trinajstić information content (AvgIpc) is 3.23. The second kappa shape index (κ2) is 8.11. The summed E-state index contributed by atoms with van der Waals surface area (Å²) in [7, 11) is 0. The number of nitrogens with zero attached hydrogens (tertiary/aromatic N) is 4. The summed E-state index contributed by atoms with van der Waals surface area (Å²) in [5.74, 6) is -0.721. The predicted octanol–water partition coefficient (Wildman–Crippen LogP) is 2.67. The Balaban J connectivity index is 1.46. The molecule has 0 radical (unpaired) electrons. The molecule has 2 aromatic carbocycles. The zero-order valence-electron chi connectivity index (χ0n) is 16.0. The molecule has 154 valence electrons. The Morgan fingerprint density at radius 2 is 1.93 bits per heavy atom. The summed E-state index contributed by atoms with van der Waals surface area (Å²) in [5, 5.41) is 12.2. The summed E-state index contributed by atoms with van der Waals surface area (Å²) in [5.41, 5.74) is 0.936. The summed E-state index contributed by atoms with van der Waals surface area (Å²) in [6, 6.07) is 11.4. The van der Waals surface area contributed by atoms with E-state index in [9.17, 15) is 14.4 Å². The Morgan fingerprint density at radius 3 is 2.63 bits per heavy atom. The number of halogens is 1. The van der Waals surface area contributed by atoms with Gasteiger partial charge in [-0.25, -0.2) is 4.90 Å². The van der Waals surface area contributed by atoms with Crippen LogP contribution >= 0.6 is 11.6 Å². The Labute approximate surface area is 177 Å². The molecule has 2 heterocycles. The smallest absolute Gasteiger partial charge is 0.263 e. The van der Waals surface area contributed by atoms with Crippen LogP contribution in [-0.4, -0.2) is 48.0 Å². The van der Waals surface area contributed by atoms with Crippen molar-refractivity contribution in [2.24, 2.45) is 10.3 Å². The van der Waals surface area contributed by atoms with Crippen molar-refractivity contribution in [3.63, 3.8) is 0 Å². The fraction of sp³-hybridized carbons (Fsp3) is 0.250. The van der Waals surface area contributed by atoms with E-state index in [0.717, 1.165) is 4.90 Å². The number of hydrogen-bond acceptors (Lipinski definition) is 7. The van der Waals surface area contributed by atoms with Crippen molar-refractivity contribution in [2.45, 2.75) is 19.0 Å². The van der Waals surface area contributed by atoms with E-state index in [2.05, 4.69) is 15.7 Å². The van der Waals surface area contributed by atoms with Gasteiger partial charge in [-0.1, -0.05) is 22.9 Å². The van der Waals surface area contributed by atoms with E-state index < -0.39 is 29.8 Å². The molecule has 1 saturated heterocycles. The lowest BCUT2D eigenvalue weighted by Crippen LogP contribution is -2.43. The first-order valence-electron chi connectivity index (χ1n) is 9.31. The first-order chi connectivity index (χ1) is 14.5. The van der Waals surface area contributed by atoms with Gasteiger partial charge in [0.15, 0.2) is 12.1 Å². The Morgan fingerprint density at radius 1 is 1.17 bits per heavy atom. The highest BCUT2D eigenvalue weighted by Crippen LogP contribution is 2.32. The average molecular weight is 428 g/mol. The van der Waals surface area contributed by atoms with Crippen LogP contribution in [0.4, 0.5) is 11.4 Å². The van der Waals surface area contributed by atoms with Gasteiger partial charge >= 0.3 is 0 Å². The van der Waals surface area contributed by atoms with Crippen LogP contribution in [0.2, 0.25) is 5.02 Å². The maximum absolute atomic E-state index is 13.0. The van der Waals surface area contributed by atoms with Crippen LogP contribution in [-0.2, 0) is 14.4 Å². The van der Waals surface area contributed by atoms with Gasteiger partial charge < -0.3 is 10.1 Å². The summed E-state index contributed by atoms with van der Waals surface area (Å²) in [4.78, 5) is 39.2. The van der Waals surface area contributed by atoms with Gasteiger partial charge in [0.25, 0.3) is 11.8 Å². The number of benzene rings is 2. The molecule has 0 bridgehead atoms. The molecule has 9 nitrogen and oxygen atoms in total. The Kier molecular flexibility index (Phi) is 5.37. The molecule has 2 aromatic rings. The first kappa shape index (κ1) is 19.8. The Bertz CT molecular complexity index is 1030. The molecule has 0 aliphatic carbocycles. The van der Waals surface area contributed by atoms with Gasteiger partial charge in [0, 0.05) is 10.7 Å². The number of fused-ring (bicyclic) bond motifs is 1. The highest BCUT2D eigenvalue weighted by atomic mass is 35.5. The minimum absolute atomic E-state index is 0.229. The highest BCUT2D eigenvalue weighted by Gasteiger charge is 2.55. The van der Waals surface area contributed by atoms with Gasteiger partial charge in [0.05, 0.1) is 12.3 Å². The van der Waals surface area contributed by atoms with Crippen LogP contribution in [0.25, 0.3) is 0 Å². The van der Waals surface area contributed by atoms with Crippen LogP contribution in [0.1, 0.15) is 6.92 Å². The number of rotatable bonds is 6. The third-order valence-electron chi connectivity index (χ3n) is 4.68. The third-order valence-corrected chi connectivity index (χ3v) is 4.91. The largest absolute Gasteiger partial charge is 0.494 e. The van der Waals surface area contributed by atoms with Crippen LogP contribution < -0.4 is 15.0 Å². The van der Waals surface area contributed by atoms with E-state index in [1.54, 1.807) is 48.5 Å². The van der Waals surface area contributed by atoms with Crippen molar-refractivity contribution >= 4 is 40.7 Å². The number of nitrogens with one attached hydrogen (secondary N) is 1. The Hall–Kier alpha value is -3.46. The highest BCUT2D eigenvalue weighted by molar-refractivity contribution is 6.31. The van der Waals surface area contributed by atoms with Crippen LogP contribution in [0.3, 0.4) is 0 Å². The molecule has 1 N–H and O–H groups in total. The number of hydrogen-bond donors (Lipinski definition) is 1. The molecular weight excluding hydrogens is 410 g/mol. The zero-order chi connectivity index (χ0) is 21.3. The van der Waals surface area contributed by atoms with E-state index in [4.69, 9.17) is 16.3 Å². The van der Waals surface area contributed by atoms with Crippen molar-refractivity contribution < 1.29 is 19.1 Å². The van der Waals surface area contributed by atoms with E-state index >= 15 is 0 Å². The fourth-order valence-corrected chi connectivity index (χ4v) is 3.57. The minimum atomic E-state index is -0.969. The number of anilines is 2. The van der Waals surface area contributed by atoms with E-state index in [1.165, 1.54) is 5.01 Å². The second-order valence-electron chi connectivity index (χ2n) is 6.69. The quantitative estimate of drug-likeness (QED) is 0.714. The molecule has 2 atom stereocenters. The van der Waals surface area contributed by atoms with Crippen molar-refractivity contribution in [2.75, 3.05) is 23.4 Å². The molecule has 30 heavy (non-hydrogen) atoms. The van der Waals surface area contributed by atoms with E-state index in [-0.39, 0.29) is 6.54 Å². The van der Waals surface area contributed by atoms with Crippen molar-refractivity contribution in [1.29, 1.82) is 0 Å². The lowest BCUT2D eigenvalue weighted by molar-refractivity contribution is -0.123. The van der Waals surface area contributed by atoms with Crippen molar-refractivity contribution in [3.05, 3.63) is 53.6 Å². The number of carbonyl (C=O) groups excluding carboxylic acids is 3. The molecule has 2 aliphatic heterocycles. The maximum Gasteiger partial charge on any atom is 0.263 e. The zero-order valence-corrected chi connectivity index (χ0v) is 16.7. The summed E-state index contributed by atoms with van der Waals surface area (Å²) in [6.07, 6.45) is 0. The van der Waals surface area contributed by atoms with Crippen LogP contribution in [0, 0.1) is 0 Å². The molecule has 0 spiro atoms. The van der Waals surface area contributed by atoms with Gasteiger partial charge in [-0.05, 0) is 49.4 Å². The SMILES string of the molecule is CCOc1ccc(N2C(=O)[C@H]3N=NN(CC(=O)Nc4cccc(Cl)c4)[C@@H]3C2=O)cc1. The molecule has 2 aliphatic rings. The summed E-state index contributed by atoms with van der Waals surface area (Å²) < 4.78 is 5.39. The van der Waals surface area contributed by atoms with Gasteiger partial charge in [-0.2, -0.15) is 5.11 Å². The summed E-state index contributed by atoms with van der Waals surface area (Å²) in [6.45, 7) is 2.15. The standard InChI is InChI=1S/C20H18ClN5O4/c1-2-30-15-8-6-14(7-9-15)26-19(28)17-18(20(26)29)25(24-23-17)11-16(27)22-13-5-3-4-12(21)10-13/h3-10,17-18H,2,11H2,1H3,(H,22,27)/t17-,18-/m0/s1. The maximum atomic E-state index is 13.0. The lowest BCUT2D eigenvalue weighted by Gasteiger charge is -2.20. The number of imide groups is 1. The van der Waals surface area contributed by atoms with Crippen LogP contribution in [0.5, 0.6) is 5.75 Å². The molecule has 1 fully saturated rings. The van der Waals surface area contributed by atoms with Crippen LogP contribution in [0.15, 0.2) is 58.9 Å². The lowest BCUT2D eigenvalue weighted by atomic mass is 10.1. The molecule has 10 heteroatoms. The normalized spacial score (nSPS) is 19.9. The van der Waals surface area contributed by atoms with Gasteiger partial charge in [-0.15, -0.1) is 0 Å². The van der Waals surface area contributed by atoms with Gasteiger partial charge in [0.1, 0.15) is 12.3 Å². The van der Waals surface area contributed by atoms with Gasteiger partial charge in [0.2, 0.25) is 5.91 Å². The molecule has 0 aromatic heterocycles. The van der Waals surface area contributed by atoms with E-state index in [0.29, 0.717) is 28.8 Å². The topological polar surface area (TPSA) is 104 Å². The number of amides is 3. The van der Waals surface area contributed by atoms with Gasteiger partial charge in [-0.3, -0.25) is 19.4 Å². The predicted molar refractivity (Wildman–Crippen MR) is 109 cm³/mol. The monoisotopic (exact) mass is 427 g/mol. The van der Waals surface area contributed by atoms with E-state index in [1.807, 2.05) is 6.92 Å². The molecule has 0 unspecified atom stereocenters. The van der Waals surface area contributed by atoms with Crippen molar-refractivity contribution in [1.82, 2.24) is 5.01 Å². The minimum Gasteiger partial charge on any atom is -0.494 e. The van der Waals surface area contributed by atoms with Crippen molar-refractivity contribution in [3.8, 4) is 5.75 Å². The summed E-state index contributed by atoms with van der Waals surface area (Å²) >= 11 is 5.92. The molecule has 0 saturated carbocycles. The molecule has 4 rings (SSSR count). The molecular formula is C20H18ClN5O4. The molecule has 3 amide bonds. The first-order valence-corrected chi connectivity index (χ1v) is 9.69. The number of ether oxygens (including phenoxy) is 1. The second-order valence-corrected chi connectivity index (χ2v) is 7.13. The number of carbonyl (C=O) groups is 3. The third kappa shape index (κ3) is 3.71.